The van der Waals surface area contributed by atoms with Crippen LogP contribution in [-0.4, -0.2) is 28.3 Å². The summed E-state index contributed by atoms with van der Waals surface area (Å²) in [5.74, 6) is 0.461. The summed E-state index contributed by atoms with van der Waals surface area (Å²) < 4.78 is 25.8. The fourth-order valence-electron chi connectivity index (χ4n) is 1.83. The number of alkyl halides is 2. The average molecular weight is 310 g/mol. The van der Waals surface area contributed by atoms with Crippen LogP contribution in [0.3, 0.4) is 0 Å². The third-order valence-electron chi connectivity index (χ3n) is 3.18. The summed E-state index contributed by atoms with van der Waals surface area (Å²) in [5.41, 5.74) is 0.590. The number of nitrogens with zero attached hydrogens (tertiary/aromatic N) is 4. The van der Waals surface area contributed by atoms with Crippen molar-refractivity contribution in [3.63, 3.8) is 0 Å². The Kier molecular flexibility index (Phi) is 5.06. The van der Waals surface area contributed by atoms with Gasteiger partial charge in [0.15, 0.2) is 5.16 Å². The average Bonchev–Trinajstić information content (AvgIpc) is 2.53. The molecule has 0 spiro atoms. The van der Waals surface area contributed by atoms with Crippen molar-refractivity contribution in [1.29, 1.82) is 0 Å². The molecule has 21 heavy (non-hydrogen) atoms. The van der Waals surface area contributed by atoms with Crippen LogP contribution in [-0.2, 0) is 0 Å². The standard InChI is InChI=1S/C14H16F2N4S/c1-9(10-6-4-5-7-17-10)20(2)12-8-11(13(15)16)18-14(19-12)21-3/h4-9,13H,1-3H3. The molecule has 2 heterocycles. The van der Waals surface area contributed by atoms with Crippen LogP contribution in [0.2, 0.25) is 0 Å². The van der Waals surface area contributed by atoms with E-state index >= 15 is 0 Å². The molecular weight excluding hydrogens is 294 g/mol. The molecule has 0 radical (unpaired) electrons. The van der Waals surface area contributed by atoms with Gasteiger partial charge in [0.25, 0.3) is 6.43 Å². The maximum absolute atomic E-state index is 12.9. The monoisotopic (exact) mass is 310 g/mol. The summed E-state index contributed by atoms with van der Waals surface area (Å²) in [6.45, 7) is 1.95. The molecule has 2 aromatic rings. The zero-order valence-corrected chi connectivity index (χ0v) is 12.8. The molecule has 0 saturated heterocycles. The summed E-state index contributed by atoms with van der Waals surface area (Å²) in [5, 5.41) is 0.336. The molecule has 0 aliphatic rings. The lowest BCUT2D eigenvalue weighted by Gasteiger charge is -2.26. The van der Waals surface area contributed by atoms with Crippen LogP contribution in [0, 0.1) is 0 Å². The highest BCUT2D eigenvalue weighted by atomic mass is 32.2. The van der Waals surface area contributed by atoms with E-state index in [0.717, 1.165) is 5.69 Å². The van der Waals surface area contributed by atoms with Gasteiger partial charge < -0.3 is 4.90 Å². The van der Waals surface area contributed by atoms with Gasteiger partial charge in [0.1, 0.15) is 11.5 Å². The van der Waals surface area contributed by atoms with Gasteiger partial charge in [0, 0.05) is 19.3 Å². The van der Waals surface area contributed by atoms with Crippen molar-refractivity contribution in [2.45, 2.75) is 24.5 Å². The number of aromatic nitrogens is 3. The Bertz CT molecular complexity index is 595. The molecule has 4 nitrogen and oxygen atoms in total. The molecule has 0 N–H and O–H groups in total. The molecule has 0 bridgehead atoms. The molecule has 2 rings (SSSR count). The van der Waals surface area contributed by atoms with Gasteiger partial charge in [-0.25, -0.2) is 18.7 Å². The van der Waals surface area contributed by atoms with E-state index in [4.69, 9.17) is 0 Å². The van der Waals surface area contributed by atoms with Gasteiger partial charge in [-0.1, -0.05) is 17.8 Å². The lowest BCUT2D eigenvalue weighted by atomic mass is 10.2. The molecule has 1 atom stereocenters. The Morgan fingerprint density at radius 2 is 1.95 bits per heavy atom. The topological polar surface area (TPSA) is 41.9 Å². The molecule has 1 unspecified atom stereocenters. The van der Waals surface area contributed by atoms with Crippen molar-refractivity contribution in [3.05, 3.63) is 41.9 Å². The van der Waals surface area contributed by atoms with Gasteiger partial charge in [-0.05, 0) is 25.3 Å². The highest BCUT2D eigenvalue weighted by Crippen LogP contribution is 2.27. The second-order valence-corrected chi connectivity index (χ2v) is 5.25. The molecule has 0 amide bonds. The number of rotatable bonds is 5. The molecule has 0 aliphatic heterocycles. The lowest BCUT2D eigenvalue weighted by Crippen LogP contribution is -2.24. The third-order valence-corrected chi connectivity index (χ3v) is 3.72. The second-order valence-electron chi connectivity index (χ2n) is 4.48. The molecule has 0 aromatic carbocycles. The zero-order chi connectivity index (χ0) is 15.4. The van der Waals surface area contributed by atoms with Crippen LogP contribution in [0.5, 0.6) is 0 Å². The fraction of sp³-hybridized carbons (Fsp3) is 0.357. The van der Waals surface area contributed by atoms with Crippen LogP contribution < -0.4 is 4.90 Å². The number of halogens is 2. The van der Waals surface area contributed by atoms with Crippen molar-refractivity contribution in [1.82, 2.24) is 15.0 Å². The van der Waals surface area contributed by atoms with Gasteiger partial charge in [-0.15, -0.1) is 0 Å². The van der Waals surface area contributed by atoms with E-state index in [1.54, 1.807) is 19.5 Å². The van der Waals surface area contributed by atoms with Crippen molar-refractivity contribution < 1.29 is 8.78 Å². The van der Waals surface area contributed by atoms with Crippen LogP contribution in [0.1, 0.15) is 30.8 Å². The van der Waals surface area contributed by atoms with Crippen molar-refractivity contribution in [3.8, 4) is 0 Å². The van der Waals surface area contributed by atoms with Gasteiger partial charge >= 0.3 is 0 Å². The predicted octanol–water partition coefficient (Wildman–Crippen LogP) is 3.73. The molecular formula is C14H16F2N4S. The van der Waals surface area contributed by atoms with Crippen molar-refractivity contribution in [2.75, 3.05) is 18.2 Å². The highest BCUT2D eigenvalue weighted by Gasteiger charge is 2.19. The van der Waals surface area contributed by atoms with E-state index in [2.05, 4.69) is 15.0 Å². The second kappa shape index (κ2) is 6.80. The van der Waals surface area contributed by atoms with Crippen molar-refractivity contribution in [2.24, 2.45) is 0 Å². The minimum absolute atomic E-state index is 0.0821. The van der Waals surface area contributed by atoms with E-state index < -0.39 is 6.43 Å². The number of hydrogen-bond acceptors (Lipinski definition) is 5. The minimum atomic E-state index is -2.61. The predicted molar refractivity (Wildman–Crippen MR) is 79.8 cm³/mol. The van der Waals surface area contributed by atoms with E-state index in [0.29, 0.717) is 11.0 Å². The maximum atomic E-state index is 12.9. The zero-order valence-electron chi connectivity index (χ0n) is 12.0. The first-order valence-electron chi connectivity index (χ1n) is 6.37. The van der Waals surface area contributed by atoms with Gasteiger partial charge in [-0.3, -0.25) is 4.98 Å². The maximum Gasteiger partial charge on any atom is 0.280 e. The first-order chi connectivity index (χ1) is 10.0. The first-order valence-corrected chi connectivity index (χ1v) is 7.60. The number of hydrogen-bond donors (Lipinski definition) is 0. The molecule has 0 saturated carbocycles. The molecule has 2 aromatic heterocycles. The SMILES string of the molecule is CSc1nc(C(F)F)cc(N(C)C(C)c2ccccn2)n1. The summed E-state index contributed by atoms with van der Waals surface area (Å²) in [6, 6.07) is 6.86. The number of anilines is 1. The van der Waals surface area contributed by atoms with E-state index in [9.17, 15) is 8.78 Å². The summed E-state index contributed by atoms with van der Waals surface area (Å²) in [4.78, 5) is 14.2. The summed E-state index contributed by atoms with van der Waals surface area (Å²) in [6.07, 6.45) is 0.852. The van der Waals surface area contributed by atoms with Gasteiger partial charge in [0.05, 0.1) is 11.7 Å². The fourth-order valence-corrected chi connectivity index (χ4v) is 2.22. The Balaban J connectivity index is 2.34. The molecule has 112 valence electrons. The van der Waals surface area contributed by atoms with Crippen LogP contribution in [0.4, 0.5) is 14.6 Å². The highest BCUT2D eigenvalue weighted by molar-refractivity contribution is 7.98. The summed E-state index contributed by atoms with van der Waals surface area (Å²) >= 11 is 1.24. The number of pyridine rings is 1. The smallest absolute Gasteiger partial charge is 0.280 e. The normalized spacial score (nSPS) is 12.5. The molecule has 0 aliphatic carbocycles. The number of thioether (sulfide) groups is 1. The van der Waals surface area contributed by atoms with E-state index in [1.165, 1.54) is 17.8 Å². The minimum Gasteiger partial charge on any atom is -0.351 e. The largest absolute Gasteiger partial charge is 0.351 e. The van der Waals surface area contributed by atoms with Gasteiger partial charge in [-0.2, -0.15) is 0 Å². The summed E-state index contributed by atoms with van der Waals surface area (Å²) in [7, 11) is 1.81. The Morgan fingerprint density at radius 3 is 2.52 bits per heavy atom. The first kappa shape index (κ1) is 15.6. The Labute approximate surface area is 126 Å². The van der Waals surface area contributed by atoms with E-state index in [-0.39, 0.29) is 11.7 Å². The Morgan fingerprint density at radius 1 is 1.19 bits per heavy atom. The van der Waals surface area contributed by atoms with Crippen LogP contribution in [0.25, 0.3) is 0 Å². The van der Waals surface area contributed by atoms with Crippen molar-refractivity contribution >= 4 is 17.6 Å². The van der Waals surface area contributed by atoms with E-state index in [1.807, 2.05) is 30.0 Å². The lowest BCUT2D eigenvalue weighted by molar-refractivity contribution is 0.145. The molecule has 7 heteroatoms. The van der Waals surface area contributed by atoms with Gasteiger partial charge in [0.2, 0.25) is 0 Å². The Hall–Kier alpha value is -1.76. The van der Waals surface area contributed by atoms with Crippen LogP contribution >= 0.6 is 11.8 Å². The third kappa shape index (κ3) is 3.66. The van der Waals surface area contributed by atoms with Crippen LogP contribution in [0.15, 0.2) is 35.6 Å². The quantitative estimate of drug-likeness (QED) is 0.622. The molecule has 0 fully saturated rings.